The second-order valence-electron chi connectivity index (χ2n) is 6.28. The molecule has 2 aromatic rings. The van der Waals surface area contributed by atoms with Crippen LogP contribution in [0.4, 0.5) is 5.69 Å². The van der Waals surface area contributed by atoms with E-state index < -0.39 is 22.5 Å². The van der Waals surface area contributed by atoms with Crippen LogP contribution >= 0.6 is 0 Å². The van der Waals surface area contributed by atoms with Crippen molar-refractivity contribution >= 4 is 17.6 Å². The Morgan fingerprint density at radius 2 is 1.92 bits per heavy atom. The Balaban J connectivity index is 1.97. The van der Waals surface area contributed by atoms with Crippen LogP contribution in [-0.2, 0) is 6.54 Å². The predicted molar refractivity (Wildman–Crippen MR) is 90.9 cm³/mol. The number of hydrogen-bond acceptors (Lipinski definition) is 5. The van der Waals surface area contributed by atoms with Crippen LogP contribution in [0.25, 0.3) is 0 Å². The van der Waals surface area contributed by atoms with Gasteiger partial charge >= 0.3 is 5.97 Å². The lowest BCUT2D eigenvalue weighted by molar-refractivity contribution is -0.384. The molecule has 1 fully saturated rings. The minimum atomic E-state index is -1.32. The normalized spacial score (nSPS) is 14.3. The van der Waals surface area contributed by atoms with E-state index in [0.29, 0.717) is 5.76 Å². The fourth-order valence-electron chi connectivity index (χ4n) is 3.28. The number of amides is 1. The van der Waals surface area contributed by atoms with Gasteiger partial charge in [0.2, 0.25) is 0 Å². The van der Waals surface area contributed by atoms with Crippen molar-refractivity contribution in [3.05, 3.63) is 63.6 Å². The smallest absolute Gasteiger partial charge is 0.335 e. The summed E-state index contributed by atoms with van der Waals surface area (Å²) in [6.07, 6.45) is 5.20. The molecule has 1 aliphatic rings. The van der Waals surface area contributed by atoms with E-state index in [9.17, 15) is 24.8 Å². The van der Waals surface area contributed by atoms with E-state index in [0.717, 1.165) is 37.8 Å². The lowest BCUT2D eigenvalue weighted by atomic mass is 10.1. The van der Waals surface area contributed by atoms with Gasteiger partial charge in [0.15, 0.2) is 0 Å². The molecular formula is C18H18N2O6. The molecule has 0 aliphatic heterocycles. The molecular weight excluding hydrogens is 340 g/mol. The average Bonchev–Trinajstić information content (AvgIpc) is 3.32. The summed E-state index contributed by atoms with van der Waals surface area (Å²) in [5.74, 6) is -1.14. The third kappa shape index (κ3) is 3.74. The first kappa shape index (κ1) is 17.7. The number of carboxylic acid groups (broad SMARTS) is 1. The molecule has 1 aromatic carbocycles. The fraction of sp³-hybridized carbons (Fsp3) is 0.333. The summed E-state index contributed by atoms with van der Waals surface area (Å²) in [4.78, 5) is 36.4. The maximum atomic E-state index is 13.1. The maximum Gasteiger partial charge on any atom is 0.335 e. The van der Waals surface area contributed by atoms with E-state index in [4.69, 9.17) is 4.42 Å². The zero-order valence-corrected chi connectivity index (χ0v) is 14.0. The molecule has 8 nitrogen and oxygen atoms in total. The van der Waals surface area contributed by atoms with Gasteiger partial charge < -0.3 is 14.4 Å². The van der Waals surface area contributed by atoms with Crippen LogP contribution in [0, 0.1) is 10.1 Å². The van der Waals surface area contributed by atoms with E-state index in [1.807, 2.05) is 0 Å². The molecule has 0 unspecified atom stereocenters. The Hall–Kier alpha value is -3.16. The summed E-state index contributed by atoms with van der Waals surface area (Å²) >= 11 is 0. The number of carboxylic acids is 1. The SMILES string of the molecule is O=C(O)c1cc(C(=O)N(Cc2ccco2)C2CCCC2)cc([N+](=O)[O-])c1. The highest BCUT2D eigenvalue weighted by molar-refractivity contribution is 5.98. The lowest BCUT2D eigenvalue weighted by Crippen LogP contribution is -2.38. The Kier molecular flexibility index (Phi) is 5.01. The van der Waals surface area contributed by atoms with Crippen molar-refractivity contribution in [2.24, 2.45) is 0 Å². The average molecular weight is 358 g/mol. The van der Waals surface area contributed by atoms with Crippen molar-refractivity contribution in [2.45, 2.75) is 38.3 Å². The summed E-state index contributed by atoms with van der Waals surface area (Å²) in [5, 5.41) is 20.3. The van der Waals surface area contributed by atoms with Crippen LogP contribution < -0.4 is 0 Å². The zero-order valence-electron chi connectivity index (χ0n) is 14.0. The molecule has 1 aliphatic carbocycles. The number of nitrogens with zero attached hydrogens (tertiary/aromatic N) is 2. The Labute approximate surface area is 149 Å². The molecule has 0 bridgehead atoms. The van der Waals surface area contributed by atoms with Gasteiger partial charge in [0.25, 0.3) is 11.6 Å². The number of carbonyl (C=O) groups is 2. The minimum absolute atomic E-state index is 0.000130. The lowest BCUT2D eigenvalue weighted by Gasteiger charge is -2.28. The molecule has 1 amide bonds. The first-order valence-electron chi connectivity index (χ1n) is 8.32. The van der Waals surface area contributed by atoms with Crippen LogP contribution in [0.3, 0.4) is 0 Å². The Bertz CT molecular complexity index is 792. The van der Waals surface area contributed by atoms with E-state index >= 15 is 0 Å². The summed E-state index contributed by atoms with van der Waals surface area (Å²) < 4.78 is 5.34. The van der Waals surface area contributed by atoms with Gasteiger partial charge in [-0.3, -0.25) is 14.9 Å². The van der Waals surface area contributed by atoms with Crippen molar-refractivity contribution in [1.29, 1.82) is 0 Å². The number of aromatic carboxylic acids is 1. The van der Waals surface area contributed by atoms with Crippen molar-refractivity contribution in [2.75, 3.05) is 0 Å². The summed E-state index contributed by atoms with van der Waals surface area (Å²) in [6.45, 7) is 0.238. The van der Waals surface area contributed by atoms with Crippen molar-refractivity contribution in [3.63, 3.8) is 0 Å². The number of carbonyl (C=O) groups excluding carboxylic acids is 1. The fourth-order valence-corrected chi connectivity index (χ4v) is 3.28. The first-order valence-corrected chi connectivity index (χ1v) is 8.32. The van der Waals surface area contributed by atoms with Crippen LogP contribution in [-0.4, -0.2) is 32.8 Å². The van der Waals surface area contributed by atoms with Gasteiger partial charge in [0.1, 0.15) is 5.76 Å². The topological polar surface area (TPSA) is 114 Å². The minimum Gasteiger partial charge on any atom is -0.478 e. The van der Waals surface area contributed by atoms with Crippen molar-refractivity contribution in [3.8, 4) is 0 Å². The van der Waals surface area contributed by atoms with Gasteiger partial charge in [-0.2, -0.15) is 0 Å². The van der Waals surface area contributed by atoms with Crippen LogP contribution in [0.2, 0.25) is 0 Å². The number of benzene rings is 1. The largest absolute Gasteiger partial charge is 0.478 e. The molecule has 0 atom stereocenters. The second kappa shape index (κ2) is 7.38. The highest BCUT2D eigenvalue weighted by Crippen LogP contribution is 2.28. The molecule has 0 radical (unpaired) electrons. The quantitative estimate of drug-likeness (QED) is 0.625. The van der Waals surface area contributed by atoms with Gasteiger partial charge in [-0.1, -0.05) is 12.8 Å². The summed E-state index contributed by atoms with van der Waals surface area (Å²) in [7, 11) is 0. The van der Waals surface area contributed by atoms with E-state index in [1.165, 1.54) is 12.3 Å². The van der Waals surface area contributed by atoms with Gasteiger partial charge in [0.05, 0.1) is 23.3 Å². The number of nitro groups is 1. The van der Waals surface area contributed by atoms with Gasteiger partial charge in [-0.25, -0.2) is 4.79 Å². The molecule has 1 saturated carbocycles. The van der Waals surface area contributed by atoms with E-state index in [1.54, 1.807) is 17.0 Å². The zero-order chi connectivity index (χ0) is 18.7. The van der Waals surface area contributed by atoms with Crippen LogP contribution in [0.1, 0.15) is 52.2 Å². The predicted octanol–water partition coefficient (Wildman–Crippen LogP) is 3.47. The Morgan fingerprint density at radius 1 is 1.23 bits per heavy atom. The highest BCUT2D eigenvalue weighted by atomic mass is 16.6. The molecule has 3 rings (SSSR count). The second-order valence-corrected chi connectivity index (χ2v) is 6.28. The third-order valence-corrected chi connectivity index (χ3v) is 4.56. The third-order valence-electron chi connectivity index (χ3n) is 4.56. The highest BCUT2D eigenvalue weighted by Gasteiger charge is 2.29. The molecule has 1 N–H and O–H groups in total. The van der Waals surface area contributed by atoms with Gasteiger partial charge in [-0.15, -0.1) is 0 Å². The number of non-ortho nitro benzene ring substituents is 1. The van der Waals surface area contributed by atoms with Gasteiger partial charge in [-0.05, 0) is 31.0 Å². The number of hydrogen-bond donors (Lipinski definition) is 1. The van der Waals surface area contributed by atoms with Crippen LogP contribution in [0.5, 0.6) is 0 Å². The molecule has 8 heteroatoms. The standard InChI is InChI=1S/C18H18N2O6/c21-17(12-8-13(18(22)23)10-15(9-12)20(24)25)19(14-4-1-2-5-14)11-16-6-3-7-26-16/h3,6-10,14H,1-2,4-5,11H2,(H,22,23). The Morgan fingerprint density at radius 3 is 2.50 bits per heavy atom. The molecule has 1 heterocycles. The monoisotopic (exact) mass is 358 g/mol. The number of rotatable bonds is 6. The van der Waals surface area contributed by atoms with Crippen molar-refractivity contribution < 1.29 is 24.0 Å². The summed E-state index contributed by atoms with van der Waals surface area (Å²) in [5.41, 5.74) is -0.709. The van der Waals surface area contributed by atoms with E-state index in [2.05, 4.69) is 0 Å². The van der Waals surface area contributed by atoms with Gasteiger partial charge in [0, 0.05) is 23.7 Å². The molecule has 0 spiro atoms. The maximum absolute atomic E-state index is 13.1. The molecule has 0 saturated heterocycles. The van der Waals surface area contributed by atoms with Crippen LogP contribution in [0.15, 0.2) is 41.0 Å². The molecule has 136 valence electrons. The number of nitro benzene ring substituents is 1. The van der Waals surface area contributed by atoms with E-state index in [-0.39, 0.29) is 23.7 Å². The number of furan rings is 1. The molecule has 26 heavy (non-hydrogen) atoms. The summed E-state index contributed by atoms with van der Waals surface area (Å²) in [6, 6.07) is 6.74. The first-order chi connectivity index (χ1) is 12.5. The molecule has 1 aromatic heterocycles. The van der Waals surface area contributed by atoms with Crippen molar-refractivity contribution in [1.82, 2.24) is 4.90 Å².